The second-order valence-corrected chi connectivity index (χ2v) is 5.58. The summed E-state index contributed by atoms with van der Waals surface area (Å²) < 4.78 is 19.1. The van der Waals surface area contributed by atoms with Crippen molar-refractivity contribution in [2.24, 2.45) is 0 Å². The van der Waals surface area contributed by atoms with Crippen LogP contribution < -0.4 is 15.4 Å². The Kier molecular flexibility index (Phi) is 5.56. The van der Waals surface area contributed by atoms with Crippen molar-refractivity contribution < 1.29 is 13.9 Å². The minimum Gasteiger partial charge on any atom is -0.481 e. The molecule has 1 aromatic carbocycles. The van der Waals surface area contributed by atoms with Crippen molar-refractivity contribution in [2.75, 3.05) is 7.05 Å². The molecule has 1 aromatic rings. The third-order valence-corrected chi connectivity index (χ3v) is 3.70. The molecule has 2 rings (SSSR count). The monoisotopic (exact) mass is 294 g/mol. The Balaban J connectivity index is 1.94. The Labute approximate surface area is 125 Å². The van der Waals surface area contributed by atoms with Crippen LogP contribution in [0.15, 0.2) is 18.2 Å². The van der Waals surface area contributed by atoms with Crippen molar-refractivity contribution in [3.63, 3.8) is 0 Å². The molecule has 0 bridgehead atoms. The Morgan fingerprint density at radius 1 is 1.38 bits per heavy atom. The zero-order valence-corrected chi connectivity index (χ0v) is 12.6. The number of carbonyl (C=O) groups is 1. The lowest BCUT2D eigenvalue weighted by atomic mass is 10.2. The molecular formula is C16H23FN2O2. The molecule has 0 spiro atoms. The molecule has 21 heavy (non-hydrogen) atoms. The van der Waals surface area contributed by atoms with Crippen LogP contribution in [0.2, 0.25) is 0 Å². The third kappa shape index (κ3) is 4.70. The summed E-state index contributed by atoms with van der Waals surface area (Å²) in [6.07, 6.45) is 3.76. The molecule has 1 aliphatic rings. The first-order valence-electron chi connectivity index (χ1n) is 7.49. The van der Waals surface area contributed by atoms with E-state index >= 15 is 0 Å². The highest BCUT2D eigenvalue weighted by Gasteiger charge is 2.21. The van der Waals surface area contributed by atoms with Crippen LogP contribution in [0.3, 0.4) is 0 Å². The van der Waals surface area contributed by atoms with Gasteiger partial charge in [-0.3, -0.25) is 4.79 Å². The molecule has 1 amide bonds. The van der Waals surface area contributed by atoms with Crippen LogP contribution in [0.25, 0.3) is 0 Å². The molecule has 0 saturated heterocycles. The van der Waals surface area contributed by atoms with E-state index in [1.165, 1.54) is 12.1 Å². The van der Waals surface area contributed by atoms with E-state index in [2.05, 4.69) is 10.6 Å². The van der Waals surface area contributed by atoms with Gasteiger partial charge in [-0.15, -0.1) is 0 Å². The number of rotatable bonds is 6. The Hall–Kier alpha value is -1.62. The van der Waals surface area contributed by atoms with Crippen molar-refractivity contribution in [3.8, 4) is 5.75 Å². The number of ether oxygens (including phenoxy) is 1. The van der Waals surface area contributed by atoms with E-state index in [1.54, 1.807) is 20.0 Å². The number of halogens is 1. The van der Waals surface area contributed by atoms with E-state index in [1.807, 2.05) is 0 Å². The minimum absolute atomic E-state index is 0.138. The van der Waals surface area contributed by atoms with Crippen molar-refractivity contribution >= 4 is 5.91 Å². The number of nitrogens with one attached hydrogen (secondary N) is 2. The fraction of sp³-hybridized carbons (Fsp3) is 0.562. The standard InChI is InChI=1S/C16H23FN2O2/c1-11(16(20)19-14-5-3-4-6-14)21-15-8-12(10-18-2)7-13(17)9-15/h7-9,11,14,18H,3-6,10H2,1-2H3,(H,19,20). The molecule has 0 heterocycles. The van der Waals surface area contributed by atoms with Gasteiger partial charge in [-0.25, -0.2) is 4.39 Å². The van der Waals surface area contributed by atoms with E-state index in [0.29, 0.717) is 12.3 Å². The summed E-state index contributed by atoms with van der Waals surface area (Å²) in [5.41, 5.74) is 0.788. The molecule has 1 fully saturated rings. The second kappa shape index (κ2) is 7.41. The maximum Gasteiger partial charge on any atom is 0.260 e. The molecule has 116 valence electrons. The predicted octanol–water partition coefficient (Wildman–Crippen LogP) is 2.37. The molecule has 1 saturated carbocycles. The van der Waals surface area contributed by atoms with Crippen LogP contribution in [-0.4, -0.2) is 25.1 Å². The summed E-state index contributed by atoms with van der Waals surface area (Å²) in [7, 11) is 1.79. The van der Waals surface area contributed by atoms with Crippen molar-refractivity contribution in [2.45, 2.75) is 51.3 Å². The van der Waals surface area contributed by atoms with Gasteiger partial charge in [0.2, 0.25) is 0 Å². The first-order chi connectivity index (χ1) is 10.1. The molecular weight excluding hydrogens is 271 g/mol. The average molecular weight is 294 g/mol. The minimum atomic E-state index is -0.630. The SMILES string of the molecule is CNCc1cc(F)cc(OC(C)C(=O)NC2CCCC2)c1. The number of hydrogen-bond acceptors (Lipinski definition) is 3. The third-order valence-electron chi connectivity index (χ3n) is 3.70. The maximum atomic E-state index is 13.5. The van der Waals surface area contributed by atoms with Gasteiger partial charge in [0, 0.05) is 18.7 Å². The maximum absolute atomic E-state index is 13.5. The van der Waals surface area contributed by atoms with Gasteiger partial charge in [-0.2, -0.15) is 0 Å². The fourth-order valence-electron chi connectivity index (χ4n) is 2.64. The highest BCUT2D eigenvalue weighted by molar-refractivity contribution is 5.81. The van der Waals surface area contributed by atoms with Gasteiger partial charge in [-0.1, -0.05) is 12.8 Å². The van der Waals surface area contributed by atoms with Gasteiger partial charge in [-0.05, 0) is 44.5 Å². The molecule has 5 heteroatoms. The van der Waals surface area contributed by atoms with E-state index in [4.69, 9.17) is 4.74 Å². The summed E-state index contributed by atoms with van der Waals surface area (Å²) in [6, 6.07) is 4.76. The Bertz CT molecular complexity index is 487. The van der Waals surface area contributed by atoms with Crippen LogP contribution in [0.5, 0.6) is 5.75 Å². The first kappa shape index (κ1) is 15.8. The summed E-state index contributed by atoms with van der Waals surface area (Å²) in [4.78, 5) is 12.1. The summed E-state index contributed by atoms with van der Waals surface area (Å²) >= 11 is 0. The number of benzene rings is 1. The molecule has 1 atom stereocenters. The molecule has 0 aliphatic heterocycles. The molecule has 0 aromatic heterocycles. The predicted molar refractivity (Wildman–Crippen MR) is 79.7 cm³/mol. The van der Waals surface area contributed by atoms with Crippen molar-refractivity contribution in [1.29, 1.82) is 0 Å². The van der Waals surface area contributed by atoms with Gasteiger partial charge < -0.3 is 15.4 Å². The summed E-state index contributed by atoms with van der Waals surface area (Å²) in [5, 5.41) is 5.94. The lowest BCUT2D eigenvalue weighted by molar-refractivity contribution is -0.127. The lowest BCUT2D eigenvalue weighted by Gasteiger charge is -2.18. The molecule has 2 N–H and O–H groups in total. The molecule has 0 radical (unpaired) electrons. The van der Waals surface area contributed by atoms with E-state index in [0.717, 1.165) is 31.2 Å². The van der Waals surface area contributed by atoms with Crippen LogP contribution in [0.4, 0.5) is 4.39 Å². The highest BCUT2D eigenvalue weighted by Crippen LogP contribution is 2.20. The molecule has 4 nitrogen and oxygen atoms in total. The van der Waals surface area contributed by atoms with E-state index in [9.17, 15) is 9.18 Å². The fourth-order valence-corrected chi connectivity index (χ4v) is 2.64. The zero-order valence-electron chi connectivity index (χ0n) is 12.6. The van der Waals surface area contributed by atoms with Crippen LogP contribution in [0.1, 0.15) is 38.2 Å². The Morgan fingerprint density at radius 3 is 2.76 bits per heavy atom. The normalized spacial score (nSPS) is 16.7. The van der Waals surface area contributed by atoms with Crippen molar-refractivity contribution in [1.82, 2.24) is 10.6 Å². The quantitative estimate of drug-likeness (QED) is 0.847. The van der Waals surface area contributed by atoms with E-state index in [-0.39, 0.29) is 17.8 Å². The smallest absolute Gasteiger partial charge is 0.260 e. The van der Waals surface area contributed by atoms with Gasteiger partial charge in [0.25, 0.3) is 5.91 Å². The van der Waals surface area contributed by atoms with Gasteiger partial charge in [0.1, 0.15) is 11.6 Å². The molecule has 1 unspecified atom stereocenters. The zero-order chi connectivity index (χ0) is 15.2. The number of amides is 1. The van der Waals surface area contributed by atoms with Gasteiger partial charge in [0.05, 0.1) is 0 Å². The first-order valence-corrected chi connectivity index (χ1v) is 7.49. The summed E-state index contributed by atoms with van der Waals surface area (Å²) in [5.74, 6) is -0.114. The largest absolute Gasteiger partial charge is 0.481 e. The van der Waals surface area contributed by atoms with Gasteiger partial charge in [0.15, 0.2) is 6.10 Å². The van der Waals surface area contributed by atoms with Gasteiger partial charge >= 0.3 is 0 Å². The van der Waals surface area contributed by atoms with Crippen LogP contribution in [0, 0.1) is 5.82 Å². The van der Waals surface area contributed by atoms with Crippen molar-refractivity contribution in [3.05, 3.63) is 29.6 Å². The van der Waals surface area contributed by atoms with Crippen LogP contribution in [-0.2, 0) is 11.3 Å². The van der Waals surface area contributed by atoms with Crippen LogP contribution >= 0.6 is 0 Å². The summed E-state index contributed by atoms with van der Waals surface area (Å²) in [6.45, 7) is 2.24. The number of carbonyl (C=O) groups excluding carboxylic acids is 1. The molecule has 1 aliphatic carbocycles. The van der Waals surface area contributed by atoms with E-state index < -0.39 is 6.10 Å². The topological polar surface area (TPSA) is 50.4 Å². The highest BCUT2D eigenvalue weighted by atomic mass is 19.1. The average Bonchev–Trinajstić information content (AvgIpc) is 2.91. The Morgan fingerprint density at radius 2 is 2.10 bits per heavy atom. The lowest BCUT2D eigenvalue weighted by Crippen LogP contribution is -2.41. The number of hydrogen-bond donors (Lipinski definition) is 2. The second-order valence-electron chi connectivity index (χ2n) is 5.58.